The zero-order valence-electron chi connectivity index (χ0n) is 13.7. The summed E-state index contributed by atoms with van der Waals surface area (Å²) in [6.45, 7) is 10.0. The van der Waals surface area contributed by atoms with E-state index in [-0.39, 0.29) is 6.10 Å². The molecule has 0 saturated carbocycles. The first-order chi connectivity index (χ1) is 10.1. The Morgan fingerprint density at radius 2 is 2.19 bits per heavy atom. The van der Waals surface area contributed by atoms with Gasteiger partial charge in [-0.2, -0.15) is 5.10 Å². The fraction of sp³-hybridized carbons (Fsp3) is 0.812. The van der Waals surface area contributed by atoms with E-state index in [0.717, 1.165) is 39.3 Å². The fourth-order valence-electron chi connectivity index (χ4n) is 3.38. The largest absolute Gasteiger partial charge is 0.390 e. The number of piperidine rings is 1. The van der Waals surface area contributed by atoms with Gasteiger partial charge in [0.2, 0.25) is 0 Å². The van der Waals surface area contributed by atoms with E-state index in [1.165, 1.54) is 18.5 Å². The normalized spacial score (nSPS) is 21.9. The van der Waals surface area contributed by atoms with Crippen molar-refractivity contribution < 1.29 is 5.11 Å². The summed E-state index contributed by atoms with van der Waals surface area (Å²) in [6.07, 6.45) is 4.05. The number of aromatic nitrogens is 2. The molecule has 2 atom stereocenters. The molecule has 2 heterocycles. The van der Waals surface area contributed by atoms with Crippen LogP contribution >= 0.6 is 0 Å². The van der Waals surface area contributed by atoms with Gasteiger partial charge in [-0.3, -0.25) is 4.68 Å². The summed E-state index contributed by atoms with van der Waals surface area (Å²) in [5, 5.41) is 14.6. The number of likely N-dealkylation sites (tertiary alicyclic amines) is 1. The van der Waals surface area contributed by atoms with Gasteiger partial charge in [0.25, 0.3) is 0 Å². The van der Waals surface area contributed by atoms with Crippen LogP contribution in [0.5, 0.6) is 0 Å². The molecule has 1 aliphatic heterocycles. The molecule has 1 aromatic rings. The highest BCUT2D eigenvalue weighted by molar-refractivity contribution is 5.09. The highest BCUT2D eigenvalue weighted by Crippen LogP contribution is 2.26. The van der Waals surface area contributed by atoms with E-state index in [0.29, 0.717) is 5.92 Å². The molecule has 0 amide bonds. The fourth-order valence-corrected chi connectivity index (χ4v) is 3.38. The van der Waals surface area contributed by atoms with Crippen molar-refractivity contribution in [1.29, 1.82) is 0 Å². The number of aryl methyl sites for hydroxylation is 1. The topological polar surface area (TPSA) is 44.5 Å². The van der Waals surface area contributed by atoms with Gasteiger partial charge in [-0.1, -0.05) is 13.8 Å². The minimum absolute atomic E-state index is 0.254. The lowest BCUT2D eigenvalue weighted by Gasteiger charge is -2.34. The summed E-state index contributed by atoms with van der Waals surface area (Å²) in [7, 11) is 2.02. The Morgan fingerprint density at radius 1 is 1.43 bits per heavy atom. The molecule has 0 unspecified atom stereocenters. The van der Waals surface area contributed by atoms with Crippen LogP contribution in [0.25, 0.3) is 0 Å². The van der Waals surface area contributed by atoms with Gasteiger partial charge in [-0.05, 0) is 38.5 Å². The number of hydrogen-bond acceptors (Lipinski definition) is 4. The smallest absolute Gasteiger partial charge is 0.0793 e. The van der Waals surface area contributed by atoms with Crippen LogP contribution in [0.2, 0.25) is 0 Å². The second-order valence-electron chi connectivity index (χ2n) is 6.12. The lowest BCUT2D eigenvalue weighted by molar-refractivity contribution is 0.0658. The summed E-state index contributed by atoms with van der Waals surface area (Å²) >= 11 is 0. The Morgan fingerprint density at radius 3 is 2.81 bits per heavy atom. The monoisotopic (exact) mass is 294 g/mol. The van der Waals surface area contributed by atoms with Crippen molar-refractivity contribution in [3.8, 4) is 0 Å². The molecule has 1 saturated heterocycles. The van der Waals surface area contributed by atoms with E-state index in [9.17, 15) is 5.11 Å². The maximum atomic E-state index is 10.3. The number of likely N-dealkylation sites (N-methyl/N-ethyl adjacent to an activating group) is 1. The molecule has 1 aromatic heterocycles. The highest BCUT2D eigenvalue weighted by Gasteiger charge is 2.24. The predicted molar refractivity (Wildman–Crippen MR) is 85.4 cm³/mol. The van der Waals surface area contributed by atoms with Gasteiger partial charge in [0.05, 0.1) is 6.10 Å². The van der Waals surface area contributed by atoms with E-state index >= 15 is 0 Å². The van der Waals surface area contributed by atoms with E-state index in [2.05, 4.69) is 34.8 Å². The van der Waals surface area contributed by atoms with Crippen molar-refractivity contribution in [3.63, 3.8) is 0 Å². The van der Waals surface area contributed by atoms with Crippen LogP contribution in [-0.2, 0) is 7.05 Å². The molecule has 0 bridgehead atoms. The van der Waals surface area contributed by atoms with Crippen LogP contribution in [0.1, 0.15) is 38.3 Å². The lowest BCUT2D eigenvalue weighted by atomic mass is 9.94. The van der Waals surface area contributed by atoms with Gasteiger partial charge in [-0.25, -0.2) is 0 Å². The standard InChI is InChI=1S/C16H30N4O/c1-4-19(5-2)12-15(21)13-20-10-6-7-14(11-20)16-8-9-17-18(16)3/h8-9,14-15,21H,4-7,10-13H2,1-3H3/t14-,15+/m1/s1. The number of aliphatic hydroxyl groups is 1. The van der Waals surface area contributed by atoms with Crippen LogP contribution in [0.15, 0.2) is 12.3 Å². The van der Waals surface area contributed by atoms with Crippen molar-refractivity contribution in [2.75, 3.05) is 39.3 Å². The third-order valence-electron chi connectivity index (χ3n) is 4.61. The Hall–Kier alpha value is -0.910. The molecule has 0 spiro atoms. The average molecular weight is 294 g/mol. The second kappa shape index (κ2) is 7.92. The number of β-amino-alcohol motifs (C(OH)–C–C–N with tert-alkyl or cyclic N) is 1. The van der Waals surface area contributed by atoms with Crippen LogP contribution in [0.4, 0.5) is 0 Å². The summed E-state index contributed by atoms with van der Waals surface area (Å²) < 4.78 is 1.99. The van der Waals surface area contributed by atoms with Gasteiger partial charge in [0, 0.05) is 44.5 Å². The predicted octanol–water partition coefficient (Wildman–Crippen LogP) is 1.30. The third kappa shape index (κ3) is 4.53. The highest BCUT2D eigenvalue weighted by atomic mass is 16.3. The molecule has 2 rings (SSSR count). The maximum Gasteiger partial charge on any atom is 0.0793 e. The van der Waals surface area contributed by atoms with Crippen molar-refractivity contribution in [2.24, 2.45) is 7.05 Å². The maximum absolute atomic E-state index is 10.3. The SMILES string of the molecule is CCN(CC)C[C@H](O)CN1CCC[C@@H](c2ccnn2C)C1. The molecule has 1 fully saturated rings. The molecule has 1 N–H and O–H groups in total. The Balaban J connectivity index is 1.85. The summed E-state index contributed by atoms with van der Waals surface area (Å²) in [5.41, 5.74) is 1.32. The average Bonchev–Trinajstić information content (AvgIpc) is 2.91. The van der Waals surface area contributed by atoms with Crippen LogP contribution < -0.4 is 0 Å². The van der Waals surface area contributed by atoms with Gasteiger partial charge in [0.15, 0.2) is 0 Å². The van der Waals surface area contributed by atoms with E-state index in [1.807, 2.05) is 17.9 Å². The van der Waals surface area contributed by atoms with Crippen LogP contribution in [-0.4, -0.2) is 70.1 Å². The van der Waals surface area contributed by atoms with Crippen LogP contribution in [0, 0.1) is 0 Å². The minimum atomic E-state index is -0.254. The minimum Gasteiger partial charge on any atom is -0.390 e. The molecule has 120 valence electrons. The lowest BCUT2D eigenvalue weighted by Crippen LogP contribution is -2.43. The molecular formula is C16H30N4O. The Kier molecular flexibility index (Phi) is 6.21. The molecule has 0 aliphatic carbocycles. The zero-order valence-corrected chi connectivity index (χ0v) is 13.7. The van der Waals surface area contributed by atoms with E-state index in [4.69, 9.17) is 0 Å². The number of hydrogen-bond donors (Lipinski definition) is 1. The number of rotatable bonds is 7. The summed E-state index contributed by atoms with van der Waals surface area (Å²) in [5.74, 6) is 0.548. The molecule has 21 heavy (non-hydrogen) atoms. The summed E-state index contributed by atoms with van der Waals surface area (Å²) in [4.78, 5) is 4.70. The van der Waals surface area contributed by atoms with Crippen molar-refractivity contribution in [2.45, 2.75) is 38.7 Å². The van der Waals surface area contributed by atoms with Crippen molar-refractivity contribution in [1.82, 2.24) is 19.6 Å². The second-order valence-corrected chi connectivity index (χ2v) is 6.12. The number of nitrogens with zero attached hydrogens (tertiary/aromatic N) is 4. The first kappa shape index (κ1) is 16.5. The van der Waals surface area contributed by atoms with Gasteiger partial charge >= 0.3 is 0 Å². The van der Waals surface area contributed by atoms with Gasteiger partial charge in [-0.15, -0.1) is 0 Å². The Bertz CT molecular complexity index is 416. The van der Waals surface area contributed by atoms with Gasteiger partial charge < -0.3 is 14.9 Å². The quantitative estimate of drug-likeness (QED) is 0.823. The molecule has 0 aromatic carbocycles. The zero-order chi connectivity index (χ0) is 15.2. The van der Waals surface area contributed by atoms with Crippen molar-refractivity contribution >= 4 is 0 Å². The van der Waals surface area contributed by atoms with E-state index < -0.39 is 0 Å². The van der Waals surface area contributed by atoms with E-state index in [1.54, 1.807) is 0 Å². The first-order valence-corrected chi connectivity index (χ1v) is 8.24. The molecule has 5 nitrogen and oxygen atoms in total. The third-order valence-corrected chi connectivity index (χ3v) is 4.61. The Labute approximate surface area is 128 Å². The molecule has 1 aliphatic rings. The molecule has 0 radical (unpaired) electrons. The van der Waals surface area contributed by atoms with Crippen molar-refractivity contribution in [3.05, 3.63) is 18.0 Å². The molecular weight excluding hydrogens is 264 g/mol. The van der Waals surface area contributed by atoms with Crippen LogP contribution in [0.3, 0.4) is 0 Å². The molecule has 5 heteroatoms. The number of aliphatic hydroxyl groups excluding tert-OH is 1. The summed E-state index contributed by atoms with van der Waals surface area (Å²) in [6, 6.07) is 2.13. The van der Waals surface area contributed by atoms with Gasteiger partial charge in [0.1, 0.15) is 0 Å². The first-order valence-electron chi connectivity index (χ1n) is 8.24.